The summed E-state index contributed by atoms with van der Waals surface area (Å²) in [4.78, 5) is 12.0. The second kappa shape index (κ2) is 8.02. The second-order valence-electron chi connectivity index (χ2n) is 4.79. The molecule has 1 atom stereocenters. The summed E-state index contributed by atoms with van der Waals surface area (Å²) >= 11 is 1.85. The van der Waals surface area contributed by atoms with Crippen molar-refractivity contribution in [2.75, 3.05) is 31.3 Å². The van der Waals surface area contributed by atoms with E-state index < -0.39 is 0 Å². The second-order valence-corrected chi connectivity index (χ2v) is 5.89. The molecule has 1 fully saturated rings. The molecule has 1 aliphatic heterocycles. The summed E-state index contributed by atoms with van der Waals surface area (Å²) in [6.07, 6.45) is 2.70. The molecule has 1 amide bonds. The largest absolute Gasteiger partial charge is 0.394 e. The van der Waals surface area contributed by atoms with Gasteiger partial charge in [-0.25, -0.2) is 0 Å². The third-order valence-electron chi connectivity index (χ3n) is 3.51. The number of aliphatic hydroxyl groups is 1. The number of carbonyl (C=O) groups excluding carboxylic acids is 1. The number of thioether (sulfide) groups is 1. The first-order valence-corrected chi connectivity index (χ1v) is 7.93. The van der Waals surface area contributed by atoms with Crippen molar-refractivity contribution in [2.45, 2.75) is 38.7 Å². The van der Waals surface area contributed by atoms with Gasteiger partial charge in [-0.1, -0.05) is 13.8 Å². The number of carbonyl (C=O) groups is 1. The van der Waals surface area contributed by atoms with Crippen LogP contribution in [-0.4, -0.2) is 47.9 Å². The lowest BCUT2D eigenvalue weighted by molar-refractivity contribution is -0.127. The first kappa shape index (κ1) is 15.8. The Balaban J connectivity index is 2.44. The van der Waals surface area contributed by atoms with Gasteiger partial charge in [0.25, 0.3) is 0 Å². The topological polar surface area (TPSA) is 58.6 Å². The van der Waals surface area contributed by atoms with Crippen LogP contribution in [0.2, 0.25) is 0 Å². The highest BCUT2D eigenvalue weighted by Gasteiger charge is 2.36. The predicted octanol–water partition coefficient (Wildman–Crippen LogP) is 1.42. The van der Waals surface area contributed by atoms with E-state index in [1.807, 2.05) is 25.6 Å². The molecule has 0 aromatic rings. The van der Waals surface area contributed by atoms with Gasteiger partial charge in [0.15, 0.2) is 0 Å². The lowest BCUT2D eigenvalue weighted by atomic mass is 10.00. The molecule has 2 N–H and O–H groups in total. The van der Waals surface area contributed by atoms with Gasteiger partial charge in [0.2, 0.25) is 5.91 Å². The van der Waals surface area contributed by atoms with Gasteiger partial charge in [-0.05, 0) is 25.0 Å². The maximum Gasteiger partial charge on any atom is 0.223 e. The van der Waals surface area contributed by atoms with Crippen LogP contribution in [0, 0.1) is 5.92 Å². The fraction of sp³-hybridized carbons (Fsp3) is 0.923. The summed E-state index contributed by atoms with van der Waals surface area (Å²) in [7, 11) is 0. The Hall–Kier alpha value is -0.260. The van der Waals surface area contributed by atoms with E-state index >= 15 is 0 Å². The van der Waals surface area contributed by atoms with Crippen molar-refractivity contribution in [1.29, 1.82) is 0 Å². The first-order chi connectivity index (χ1) is 8.67. The molecular weight excluding hydrogens is 250 g/mol. The number of hydrogen-bond acceptors (Lipinski definition) is 4. The normalized spacial score (nSPS) is 23.6. The van der Waals surface area contributed by atoms with E-state index in [0.29, 0.717) is 13.2 Å². The maximum atomic E-state index is 12.0. The van der Waals surface area contributed by atoms with Crippen LogP contribution < -0.4 is 5.32 Å². The number of hydrogen-bond donors (Lipinski definition) is 2. The minimum absolute atomic E-state index is 0.0346. The van der Waals surface area contributed by atoms with Crippen molar-refractivity contribution in [3.8, 4) is 0 Å². The van der Waals surface area contributed by atoms with Gasteiger partial charge in [0.1, 0.15) is 0 Å². The van der Waals surface area contributed by atoms with Crippen LogP contribution in [0.3, 0.4) is 0 Å². The molecule has 1 heterocycles. The molecular formula is C13H25NO3S. The first-order valence-electron chi connectivity index (χ1n) is 6.77. The van der Waals surface area contributed by atoms with Crippen molar-refractivity contribution in [2.24, 2.45) is 5.92 Å². The number of aliphatic hydroxyl groups excluding tert-OH is 1. The average Bonchev–Trinajstić information content (AvgIpc) is 2.85. The lowest BCUT2D eigenvalue weighted by Crippen LogP contribution is -2.47. The molecule has 0 aliphatic carbocycles. The molecule has 106 valence electrons. The van der Waals surface area contributed by atoms with Gasteiger partial charge in [0, 0.05) is 18.2 Å². The lowest BCUT2D eigenvalue weighted by Gasteiger charge is -2.29. The molecule has 1 rings (SSSR count). The summed E-state index contributed by atoms with van der Waals surface area (Å²) in [5.74, 6) is 2.19. The van der Waals surface area contributed by atoms with Crippen molar-refractivity contribution in [3.63, 3.8) is 0 Å². The molecule has 0 aromatic carbocycles. The molecule has 18 heavy (non-hydrogen) atoms. The Morgan fingerprint density at radius 2 is 2.22 bits per heavy atom. The third kappa shape index (κ3) is 4.44. The monoisotopic (exact) mass is 275 g/mol. The highest BCUT2D eigenvalue weighted by Crippen LogP contribution is 2.31. The molecule has 1 unspecified atom stereocenters. The SMILES string of the molecule is CCC(CC)C(=O)NCC1(OCCO)CCSC1. The van der Waals surface area contributed by atoms with Gasteiger partial charge >= 0.3 is 0 Å². The smallest absolute Gasteiger partial charge is 0.223 e. The van der Waals surface area contributed by atoms with E-state index in [1.165, 1.54) is 0 Å². The Labute approximate surface area is 114 Å². The van der Waals surface area contributed by atoms with E-state index in [4.69, 9.17) is 9.84 Å². The van der Waals surface area contributed by atoms with E-state index in [2.05, 4.69) is 5.32 Å². The fourth-order valence-corrected chi connectivity index (χ4v) is 3.57. The summed E-state index contributed by atoms with van der Waals surface area (Å²) in [6.45, 7) is 5.03. The van der Waals surface area contributed by atoms with Gasteiger partial charge in [-0.3, -0.25) is 4.79 Å². The molecule has 1 saturated heterocycles. The number of rotatable bonds is 8. The fourth-order valence-electron chi connectivity index (χ4n) is 2.21. The molecule has 0 spiro atoms. The predicted molar refractivity (Wildman–Crippen MR) is 74.8 cm³/mol. The zero-order chi connectivity index (χ0) is 13.4. The zero-order valence-electron chi connectivity index (χ0n) is 11.4. The highest BCUT2D eigenvalue weighted by atomic mass is 32.2. The van der Waals surface area contributed by atoms with Gasteiger partial charge in [-0.15, -0.1) is 0 Å². The highest BCUT2D eigenvalue weighted by molar-refractivity contribution is 7.99. The van der Waals surface area contributed by atoms with Crippen molar-refractivity contribution in [1.82, 2.24) is 5.32 Å². The van der Waals surface area contributed by atoms with Gasteiger partial charge < -0.3 is 15.2 Å². The maximum absolute atomic E-state index is 12.0. The average molecular weight is 275 g/mol. The summed E-state index contributed by atoms with van der Waals surface area (Å²) in [6, 6.07) is 0. The Kier molecular flexibility index (Phi) is 7.04. The Morgan fingerprint density at radius 1 is 1.50 bits per heavy atom. The van der Waals surface area contributed by atoms with E-state index in [1.54, 1.807) is 0 Å². The van der Waals surface area contributed by atoms with Crippen molar-refractivity contribution < 1.29 is 14.6 Å². The van der Waals surface area contributed by atoms with Crippen LogP contribution in [-0.2, 0) is 9.53 Å². The van der Waals surface area contributed by atoms with Gasteiger partial charge in [0.05, 0.1) is 18.8 Å². The summed E-state index contributed by atoms with van der Waals surface area (Å²) in [5.41, 5.74) is -0.269. The zero-order valence-corrected chi connectivity index (χ0v) is 12.2. The van der Waals surface area contributed by atoms with Crippen LogP contribution >= 0.6 is 11.8 Å². The minimum atomic E-state index is -0.269. The molecule has 5 heteroatoms. The summed E-state index contributed by atoms with van der Waals surface area (Å²) < 4.78 is 5.75. The summed E-state index contributed by atoms with van der Waals surface area (Å²) in [5, 5.41) is 11.9. The van der Waals surface area contributed by atoms with Crippen LogP contribution in [0.4, 0.5) is 0 Å². The molecule has 0 aromatic heterocycles. The molecule has 0 saturated carbocycles. The van der Waals surface area contributed by atoms with Gasteiger partial charge in [-0.2, -0.15) is 11.8 Å². The molecule has 0 radical (unpaired) electrons. The van der Waals surface area contributed by atoms with Crippen LogP contribution in [0.5, 0.6) is 0 Å². The van der Waals surface area contributed by atoms with E-state index in [0.717, 1.165) is 30.8 Å². The molecule has 1 aliphatic rings. The minimum Gasteiger partial charge on any atom is -0.394 e. The third-order valence-corrected chi connectivity index (χ3v) is 4.73. The Bertz CT molecular complexity index is 251. The Morgan fingerprint density at radius 3 is 2.72 bits per heavy atom. The number of nitrogens with one attached hydrogen (secondary N) is 1. The number of ether oxygens (including phenoxy) is 1. The molecule has 4 nitrogen and oxygen atoms in total. The standard InChI is InChI=1S/C13H25NO3S/c1-3-11(4-2)12(16)14-9-13(17-7-6-15)5-8-18-10-13/h11,15H,3-10H2,1-2H3,(H,14,16). The number of amides is 1. The van der Waals surface area contributed by atoms with Crippen LogP contribution in [0.15, 0.2) is 0 Å². The van der Waals surface area contributed by atoms with Crippen LogP contribution in [0.25, 0.3) is 0 Å². The van der Waals surface area contributed by atoms with E-state index in [9.17, 15) is 4.79 Å². The van der Waals surface area contributed by atoms with E-state index in [-0.39, 0.29) is 24.0 Å². The van der Waals surface area contributed by atoms with Crippen LogP contribution in [0.1, 0.15) is 33.1 Å². The van der Waals surface area contributed by atoms with Crippen molar-refractivity contribution in [3.05, 3.63) is 0 Å². The molecule has 0 bridgehead atoms. The quantitative estimate of drug-likeness (QED) is 0.703. The van der Waals surface area contributed by atoms with Crippen molar-refractivity contribution >= 4 is 17.7 Å².